The van der Waals surface area contributed by atoms with E-state index in [0.29, 0.717) is 12.3 Å². The molecule has 2 aliphatic heterocycles. The van der Waals surface area contributed by atoms with Gasteiger partial charge in [-0.1, -0.05) is 18.6 Å². The highest BCUT2D eigenvalue weighted by Crippen LogP contribution is 2.44. The number of carbonyl (C=O) groups excluding carboxylic acids is 1. The summed E-state index contributed by atoms with van der Waals surface area (Å²) in [5.74, 6) is -2.19. The number of ether oxygens (including phenoxy) is 4. The van der Waals surface area contributed by atoms with Gasteiger partial charge in [-0.3, -0.25) is 4.79 Å². The van der Waals surface area contributed by atoms with Crippen LogP contribution in [0.4, 0.5) is 0 Å². The van der Waals surface area contributed by atoms with Gasteiger partial charge in [0.25, 0.3) is 0 Å². The summed E-state index contributed by atoms with van der Waals surface area (Å²) in [5, 5.41) is 20.5. The van der Waals surface area contributed by atoms with Gasteiger partial charge in [0.15, 0.2) is 11.9 Å². The first-order valence-electron chi connectivity index (χ1n) is 9.53. The number of allylic oxidation sites excluding steroid dienone is 2. The molecule has 7 atom stereocenters. The lowest BCUT2D eigenvalue weighted by Crippen LogP contribution is -2.64. The molecule has 2 saturated heterocycles. The summed E-state index contributed by atoms with van der Waals surface area (Å²) >= 11 is 0. The topological polar surface area (TPSA) is 94.5 Å². The summed E-state index contributed by atoms with van der Waals surface area (Å²) in [5.41, 5.74) is 0. The van der Waals surface area contributed by atoms with Gasteiger partial charge in [0, 0.05) is 0 Å². The highest BCUT2D eigenvalue weighted by atomic mass is 16.8. The van der Waals surface area contributed by atoms with Crippen LogP contribution in [0.25, 0.3) is 0 Å². The zero-order chi connectivity index (χ0) is 18.5. The molecule has 3 fully saturated rings. The average molecular weight is 368 g/mol. The van der Waals surface area contributed by atoms with E-state index < -0.39 is 29.9 Å². The molecule has 0 radical (unpaired) electrons. The number of aliphatic hydroxyl groups excluding tert-OH is 2. The Morgan fingerprint density at radius 2 is 2.04 bits per heavy atom. The van der Waals surface area contributed by atoms with Gasteiger partial charge in [-0.2, -0.15) is 0 Å². The van der Waals surface area contributed by atoms with Crippen molar-refractivity contribution in [2.24, 2.45) is 17.8 Å². The molecule has 0 aromatic heterocycles. The summed E-state index contributed by atoms with van der Waals surface area (Å²) in [6.07, 6.45) is 4.57. The molecule has 7 heteroatoms. The third kappa shape index (κ3) is 3.10. The van der Waals surface area contributed by atoms with E-state index in [1.807, 2.05) is 0 Å². The standard InChI is InChI=1S/C19H28O7/c1-18(2)24-10-19(26-18)16(15(21)14(20)9-23-19)25-17(22)13-8-4-6-11-5-3-7-12(11)13/h4,6,11-16,20-21H,3,5,7-10H2,1-2H3/t11-,12+,13+,14+,15+,16-,19-/m0/s1. The first kappa shape index (κ1) is 18.4. The van der Waals surface area contributed by atoms with Crippen molar-refractivity contribution in [2.45, 2.75) is 69.4 Å². The van der Waals surface area contributed by atoms with E-state index in [4.69, 9.17) is 18.9 Å². The van der Waals surface area contributed by atoms with Crippen LogP contribution in [-0.4, -0.2) is 59.3 Å². The fraction of sp³-hybridized carbons (Fsp3) is 0.842. The van der Waals surface area contributed by atoms with Crippen LogP contribution >= 0.6 is 0 Å². The van der Waals surface area contributed by atoms with Crippen molar-refractivity contribution in [2.75, 3.05) is 13.2 Å². The predicted octanol–water partition coefficient (Wildman–Crippen LogP) is 1.12. The van der Waals surface area contributed by atoms with Gasteiger partial charge in [-0.25, -0.2) is 0 Å². The highest BCUT2D eigenvalue weighted by molar-refractivity contribution is 5.74. The Bertz CT molecular complexity index is 588. The Hall–Kier alpha value is -0.990. The molecule has 2 N–H and O–H groups in total. The summed E-state index contributed by atoms with van der Waals surface area (Å²) in [6, 6.07) is 0. The maximum Gasteiger partial charge on any atom is 0.310 e. The Balaban J connectivity index is 1.54. The third-order valence-corrected chi connectivity index (χ3v) is 6.14. The lowest BCUT2D eigenvalue weighted by Gasteiger charge is -2.44. The van der Waals surface area contributed by atoms with Gasteiger partial charge in [-0.05, 0) is 44.9 Å². The number of hydrogen-bond donors (Lipinski definition) is 2. The Morgan fingerprint density at radius 1 is 1.23 bits per heavy atom. The number of rotatable bonds is 2. The van der Waals surface area contributed by atoms with Crippen LogP contribution < -0.4 is 0 Å². The number of aliphatic hydroxyl groups is 2. The molecule has 146 valence electrons. The smallest absolute Gasteiger partial charge is 0.310 e. The van der Waals surface area contributed by atoms with Crippen LogP contribution in [0.3, 0.4) is 0 Å². The lowest BCUT2D eigenvalue weighted by molar-refractivity contribution is -0.340. The van der Waals surface area contributed by atoms with Crippen LogP contribution in [0, 0.1) is 17.8 Å². The molecule has 0 aromatic rings. The number of carbonyl (C=O) groups is 1. The molecule has 4 aliphatic rings. The van der Waals surface area contributed by atoms with E-state index in [1.165, 1.54) is 0 Å². The third-order valence-electron chi connectivity index (χ3n) is 6.14. The molecular formula is C19H28O7. The SMILES string of the molecule is CC1(C)OC[C@]2(OC[C@@H](O)[C@@H](O)[C@@H]2OC(=O)[C@@H]2CC=C[C@@H]3CCC[C@H]32)O1. The Kier molecular flexibility index (Phi) is 4.64. The van der Waals surface area contributed by atoms with Crippen LogP contribution in [0.5, 0.6) is 0 Å². The van der Waals surface area contributed by atoms with Crippen LogP contribution in [0.15, 0.2) is 12.2 Å². The quantitative estimate of drug-likeness (QED) is 0.557. The molecule has 1 spiro atoms. The molecular weight excluding hydrogens is 340 g/mol. The van der Waals surface area contributed by atoms with Gasteiger partial charge in [-0.15, -0.1) is 0 Å². The lowest BCUT2D eigenvalue weighted by atomic mass is 9.78. The molecule has 0 bridgehead atoms. The molecule has 26 heavy (non-hydrogen) atoms. The second-order valence-electron chi connectivity index (χ2n) is 8.36. The summed E-state index contributed by atoms with van der Waals surface area (Å²) in [6.45, 7) is 3.39. The zero-order valence-electron chi connectivity index (χ0n) is 15.3. The Labute approximate surface area is 153 Å². The summed E-state index contributed by atoms with van der Waals surface area (Å²) < 4.78 is 22.9. The molecule has 0 amide bonds. The van der Waals surface area contributed by atoms with Crippen LogP contribution in [0.1, 0.15) is 39.5 Å². The van der Waals surface area contributed by atoms with E-state index in [0.717, 1.165) is 19.3 Å². The van der Waals surface area contributed by atoms with E-state index in [9.17, 15) is 15.0 Å². The van der Waals surface area contributed by atoms with Crippen molar-refractivity contribution < 1.29 is 34.0 Å². The highest BCUT2D eigenvalue weighted by Gasteiger charge is 2.60. The molecule has 2 aliphatic carbocycles. The van der Waals surface area contributed by atoms with Crippen molar-refractivity contribution in [3.05, 3.63) is 12.2 Å². The monoisotopic (exact) mass is 368 g/mol. The maximum atomic E-state index is 13.0. The number of fused-ring (bicyclic) bond motifs is 1. The summed E-state index contributed by atoms with van der Waals surface area (Å²) in [4.78, 5) is 13.0. The first-order valence-corrected chi connectivity index (χ1v) is 9.53. The van der Waals surface area contributed by atoms with E-state index in [-0.39, 0.29) is 31.0 Å². The maximum absolute atomic E-state index is 13.0. The number of esters is 1. The first-order chi connectivity index (χ1) is 12.3. The zero-order valence-corrected chi connectivity index (χ0v) is 15.3. The largest absolute Gasteiger partial charge is 0.453 e. The number of hydrogen-bond acceptors (Lipinski definition) is 7. The summed E-state index contributed by atoms with van der Waals surface area (Å²) in [7, 11) is 0. The minimum absolute atomic E-state index is 0.0261. The van der Waals surface area contributed by atoms with Crippen molar-refractivity contribution >= 4 is 5.97 Å². The second kappa shape index (κ2) is 6.56. The molecule has 4 rings (SSSR count). The molecule has 2 heterocycles. The minimum atomic E-state index is -1.39. The van der Waals surface area contributed by atoms with Crippen LogP contribution in [-0.2, 0) is 23.7 Å². The molecule has 7 nitrogen and oxygen atoms in total. The van der Waals surface area contributed by atoms with Gasteiger partial charge in [0.05, 0.1) is 12.5 Å². The van der Waals surface area contributed by atoms with Crippen molar-refractivity contribution in [1.82, 2.24) is 0 Å². The Morgan fingerprint density at radius 3 is 2.77 bits per heavy atom. The van der Waals surface area contributed by atoms with E-state index in [2.05, 4.69) is 12.2 Å². The van der Waals surface area contributed by atoms with Crippen molar-refractivity contribution in [3.63, 3.8) is 0 Å². The molecule has 0 unspecified atom stereocenters. The van der Waals surface area contributed by atoms with Crippen LogP contribution in [0.2, 0.25) is 0 Å². The normalized spacial score (nSPS) is 47.1. The van der Waals surface area contributed by atoms with Gasteiger partial charge in [0.2, 0.25) is 5.79 Å². The van der Waals surface area contributed by atoms with Gasteiger partial charge < -0.3 is 29.2 Å². The fourth-order valence-electron chi connectivity index (χ4n) is 4.80. The minimum Gasteiger partial charge on any atom is -0.453 e. The molecule has 0 aromatic carbocycles. The van der Waals surface area contributed by atoms with Crippen molar-refractivity contribution in [3.8, 4) is 0 Å². The fourth-order valence-corrected chi connectivity index (χ4v) is 4.80. The van der Waals surface area contributed by atoms with Gasteiger partial charge >= 0.3 is 5.97 Å². The van der Waals surface area contributed by atoms with Crippen molar-refractivity contribution in [1.29, 1.82) is 0 Å². The second-order valence-corrected chi connectivity index (χ2v) is 8.36. The predicted molar refractivity (Wildman–Crippen MR) is 89.8 cm³/mol. The molecule has 1 saturated carbocycles. The average Bonchev–Trinajstić information content (AvgIpc) is 3.19. The van der Waals surface area contributed by atoms with E-state index >= 15 is 0 Å². The van der Waals surface area contributed by atoms with E-state index in [1.54, 1.807) is 13.8 Å². The van der Waals surface area contributed by atoms with Gasteiger partial charge in [0.1, 0.15) is 18.8 Å².